The third-order valence-corrected chi connectivity index (χ3v) is 3.23. The predicted octanol–water partition coefficient (Wildman–Crippen LogP) is 1.91. The number of halogens is 1. The predicted molar refractivity (Wildman–Crippen MR) is 67.4 cm³/mol. The number of aromatic nitrogens is 1. The number of likely N-dealkylation sites (N-methyl/N-ethyl adjacent to an activating group) is 1. The second-order valence-corrected chi connectivity index (χ2v) is 4.77. The molecule has 0 aliphatic heterocycles. The number of hydrogen-bond donors (Lipinski definition) is 1. The topological polar surface area (TPSA) is 62.7 Å². The Labute approximate surface area is 110 Å². The van der Waals surface area contributed by atoms with Crippen LogP contribution in [0.5, 0.6) is 5.88 Å². The van der Waals surface area contributed by atoms with Gasteiger partial charge in [0.05, 0.1) is 16.8 Å². The van der Waals surface area contributed by atoms with Crippen LogP contribution >= 0.6 is 11.6 Å². The lowest BCUT2D eigenvalue weighted by atomic mass is 10.3. The zero-order valence-corrected chi connectivity index (χ0v) is 10.9. The van der Waals surface area contributed by atoms with Gasteiger partial charge in [0.2, 0.25) is 5.88 Å². The van der Waals surface area contributed by atoms with Crippen molar-refractivity contribution in [1.82, 2.24) is 9.88 Å². The minimum atomic E-state index is -1.08. The van der Waals surface area contributed by atoms with Gasteiger partial charge in [-0.1, -0.05) is 11.6 Å². The number of nitrogens with zero attached hydrogens (tertiary/aromatic N) is 2. The van der Waals surface area contributed by atoms with Crippen molar-refractivity contribution in [3.63, 3.8) is 0 Å². The molecule has 1 N–H and O–H groups in total. The lowest BCUT2D eigenvalue weighted by Crippen LogP contribution is -2.26. The lowest BCUT2D eigenvalue weighted by molar-refractivity contribution is 0.0696. The first kappa shape index (κ1) is 13.1. The molecule has 0 atom stereocenters. The van der Waals surface area contributed by atoms with Crippen molar-refractivity contribution < 1.29 is 14.6 Å². The molecule has 2 rings (SSSR count). The zero-order valence-electron chi connectivity index (χ0n) is 10.1. The van der Waals surface area contributed by atoms with Crippen LogP contribution in [0, 0.1) is 0 Å². The van der Waals surface area contributed by atoms with Gasteiger partial charge < -0.3 is 14.7 Å². The van der Waals surface area contributed by atoms with Gasteiger partial charge in [0.1, 0.15) is 6.61 Å². The van der Waals surface area contributed by atoms with E-state index in [0.29, 0.717) is 18.5 Å². The van der Waals surface area contributed by atoms with Crippen molar-refractivity contribution >= 4 is 17.6 Å². The molecule has 0 bridgehead atoms. The maximum atomic E-state index is 10.9. The molecule has 0 amide bonds. The average molecular weight is 271 g/mol. The van der Waals surface area contributed by atoms with Gasteiger partial charge >= 0.3 is 5.97 Å². The zero-order chi connectivity index (χ0) is 13.1. The van der Waals surface area contributed by atoms with Crippen LogP contribution in [-0.4, -0.2) is 47.2 Å². The molecule has 0 aromatic carbocycles. The summed E-state index contributed by atoms with van der Waals surface area (Å²) < 4.78 is 5.43. The van der Waals surface area contributed by atoms with Gasteiger partial charge in [-0.2, -0.15) is 0 Å². The molecular formula is C12H15ClN2O3. The third-order valence-electron chi connectivity index (χ3n) is 2.92. The Morgan fingerprint density at radius 1 is 1.67 bits per heavy atom. The van der Waals surface area contributed by atoms with E-state index in [4.69, 9.17) is 21.4 Å². The smallest absolute Gasteiger partial charge is 0.337 e. The van der Waals surface area contributed by atoms with Crippen LogP contribution in [0.2, 0.25) is 5.02 Å². The molecule has 98 valence electrons. The van der Waals surface area contributed by atoms with E-state index in [1.807, 2.05) is 0 Å². The normalized spacial score (nSPS) is 14.8. The first-order chi connectivity index (χ1) is 8.58. The number of carboxylic acids is 1. The highest BCUT2D eigenvalue weighted by molar-refractivity contribution is 6.33. The van der Waals surface area contributed by atoms with E-state index in [1.54, 1.807) is 0 Å². The first-order valence-corrected chi connectivity index (χ1v) is 6.17. The maximum Gasteiger partial charge on any atom is 0.337 e. The minimum Gasteiger partial charge on any atom is -0.478 e. The van der Waals surface area contributed by atoms with E-state index in [-0.39, 0.29) is 10.6 Å². The van der Waals surface area contributed by atoms with Gasteiger partial charge in [0.15, 0.2) is 0 Å². The van der Waals surface area contributed by atoms with Crippen LogP contribution in [0.1, 0.15) is 23.2 Å². The molecule has 1 aliphatic rings. The minimum absolute atomic E-state index is 0.0113. The Bertz CT molecular complexity index is 449. The molecule has 0 spiro atoms. The number of hydrogen-bond acceptors (Lipinski definition) is 4. The summed E-state index contributed by atoms with van der Waals surface area (Å²) in [4.78, 5) is 17.1. The van der Waals surface area contributed by atoms with E-state index in [2.05, 4.69) is 16.9 Å². The molecule has 1 aromatic rings. The fourth-order valence-electron chi connectivity index (χ4n) is 1.65. The number of ether oxygens (including phenoxy) is 1. The number of rotatable bonds is 6. The Kier molecular flexibility index (Phi) is 4.04. The summed E-state index contributed by atoms with van der Waals surface area (Å²) in [7, 11) is 2.05. The second-order valence-electron chi connectivity index (χ2n) is 4.37. The molecule has 1 aromatic heterocycles. The SMILES string of the molecule is CN(CCOc1cc(C(=O)O)c(Cl)cn1)C1CC1. The highest BCUT2D eigenvalue weighted by Gasteiger charge is 2.25. The fourth-order valence-corrected chi connectivity index (χ4v) is 1.84. The molecule has 1 saturated carbocycles. The summed E-state index contributed by atoms with van der Waals surface area (Å²) in [6, 6.07) is 2.03. The summed E-state index contributed by atoms with van der Waals surface area (Å²) in [6.45, 7) is 1.29. The summed E-state index contributed by atoms with van der Waals surface area (Å²) in [5.41, 5.74) is 0.0113. The standard InChI is InChI=1S/C12H15ClN2O3/c1-15(8-2-3-8)4-5-18-11-6-9(12(16)17)10(13)7-14-11/h6-8H,2-5H2,1H3,(H,16,17). The van der Waals surface area contributed by atoms with Gasteiger partial charge in [-0.15, -0.1) is 0 Å². The van der Waals surface area contributed by atoms with E-state index in [1.165, 1.54) is 25.1 Å². The van der Waals surface area contributed by atoms with Crippen molar-refractivity contribution in [3.05, 3.63) is 22.8 Å². The molecule has 0 unspecified atom stereocenters. The number of carbonyl (C=O) groups is 1. The lowest BCUT2D eigenvalue weighted by Gasteiger charge is -2.15. The Hall–Kier alpha value is -1.33. The number of aromatic carboxylic acids is 1. The molecule has 1 fully saturated rings. The average Bonchev–Trinajstić information content (AvgIpc) is 3.14. The van der Waals surface area contributed by atoms with Gasteiger partial charge in [-0.25, -0.2) is 9.78 Å². The van der Waals surface area contributed by atoms with Crippen molar-refractivity contribution in [3.8, 4) is 5.88 Å². The molecular weight excluding hydrogens is 256 g/mol. The molecule has 18 heavy (non-hydrogen) atoms. The molecule has 1 heterocycles. The van der Waals surface area contributed by atoms with Gasteiger partial charge in [-0.05, 0) is 19.9 Å². The molecule has 1 aliphatic carbocycles. The van der Waals surface area contributed by atoms with Crippen molar-refractivity contribution in [2.75, 3.05) is 20.2 Å². The largest absolute Gasteiger partial charge is 0.478 e. The Balaban J connectivity index is 1.88. The van der Waals surface area contributed by atoms with Crippen LogP contribution in [0.15, 0.2) is 12.3 Å². The van der Waals surface area contributed by atoms with Crippen LogP contribution < -0.4 is 4.74 Å². The fraction of sp³-hybridized carbons (Fsp3) is 0.500. The van der Waals surface area contributed by atoms with Crippen LogP contribution in [0.3, 0.4) is 0 Å². The molecule has 0 saturated heterocycles. The van der Waals surface area contributed by atoms with Gasteiger partial charge in [0, 0.05) is 18.7 Å². The van der Waals surface area contributed by atoms with Gasteiger partial charge in [-0.3, -0.25) is 0 Å². The monoisotopic (exact) mass is 270 g/mol. The quantitative estimate of drug-likeness (QED) is 0.855. The highest BCUT2D eigenvalue weighted by Crippen LogP contribution is 2.25. The Morgan fingerprint density at radius 3 is 3.00 bits per heavy atom. The molecule has 0 radical (unpaired) electrons. The van der Waals surface area contributed by atoms with E-state index >= 15 is 0 Å². The Morgan fingerprint density at radius 2 is 2.39 bits per heavy atom. The highest BCUT2D eigenvalue weighted by atomic mass is 35.5. The molecule has 5 nitrogen and oxygen atoms in total. The summed E-state index contributed by atoms with van der Waals surface area (Å²) in [5, 5.41) is 9.02. The van der Waals surface area contributed by atoms with Crippen LogP contribution in [-0.2, 0) is 0 Å². The van der Waals surface area contributed by atoms with Crippen LogP contribution in [0.4, 0.5) is 0 Å². The summed E-state index contributed by atoms with van der Waals surface area (Å²) >= 11 is 5.72. The summed E-state index contributed by atoms with van der Waals surface area (Å²) in [5.74, 6) is -0.789. The first-order valence-electron chi connectivity index (χ1n) is 5.80. The van der Waals surface area contributed by atoms with E-state index in [9.17, 15) is 4.79 Å². The summed E-state index contributed by atoms with van der Waals surface area (Å²) in [6.07, 6.45) is 3.79. The van der Waals surface area contributed by atoms with Crippen LogP contribution in [0.25, 0.3) is 0 Å². The van der Waals surface area contributed by atoms with Gasteiger partial charge in [0.25, 0.3) is 0 Å². The van der Waals surface area contributed by atoms with E-state index in [0.717, 1.165) is 6.54 Å². The second kappa shape index (κ2) is 5.54. The van der Waals surface area contributed by atoms with Crippen molar-refractivity contribution in [2.45, 2.75) is 18.9 Å². The maximum absolute atomic E-state index is 10.9. The third kappa shape index (κ3) is 3.34. The van der Waals surface area contributed by atoms with E-state index < -0.39 is 5.97 Å². The van der Waals surface area contributed by atoms with Crippen molar-refractivity contribution in [2.24, 2.45) is 0 Å². The number of pyridine rings is 1. The number of carboxylic acid groups (broad SMARTS) is 1. The molecule has 6 heteroatoms. The van der Waals surface area contributed by atoms with Crippen molar-refractivity contribution in [1.29, 1.82) is 0 Å².